The Morgan fingerprint density at radius 1 is 1.00 bits per heavy atom. The number of carbonyl (C=O) groups is 2. The lowest BCUT2D eigenvalue weighted by Gasteiger charge is -2.29. The van der Waals surface area contributed by atoms with Crippen LogP contribution in [0, 0.1) is 5.92 Å². The summed E-state index contributed by atoms with van der Waals surface area (Å²) in [7, 11) is 0. The Balaban J connectivity index is 1.37. The summed E-state index contributed by atoms with van der Waals surface area (Å²) in [5.41, 5.74) is 5.43. The molecule has 5 rings (SSSR count). The van der Waals surface area contributed by atoms with E-state index in [0.29, 0.717) is 11.3 Å². The van der Waals surface area contributed by atoms with Crippen LogP contribution in [0.1, 0.15) is 66.6 Å². The van der Waals surface area contributed by atoms with Crippen LogP contribution in [-0.2, 0) is 9.53 Å². The number of esters is 1. The molecular weight excluding hydrogens is 486 g/mol. The molecule has 0 bridgehead atoms. The van der Waals surface area contributed by atoms with E-state index in [4.69, 9.17) is 9.84 Å². The largest absolute Gasteiger partial charge is 0.452 e. The van der Waals surface area contributed by atoms with Crippen LogP contribution in [0.2, 0.25) is 0 Å². The van der Waals surface area contributed by atoms with E-state index >= 15 is 0 Å². The highest BCUT2D eigenvalue weighted by Gasteiger charge is 2.43. The number of nitrogens with one attached hydrogen (secondary N) is 1. The van der Waals surface area contributed by atoms with Crippen LogP contribution in [0.4, 0.5) is 5.69 Å². The number of benzene rings is 3. The fourth-order valence-electron chi connectivity index (χ4n) is 5.43. The van der Waals surface area contributed by atoms with Crippen molar-refractivity contribution in [3.8, 4) is 0 Å². The van der Waals surface area contributed by atoms with Crippen LogP contribution in [0.3, 0.4) is 0 Å². The lowest BCUT2D eigenvalue weighted by Crippen LogP contribution is -2.34. The maximum absolute atomic E-state index is 13.6. The van der Waals surface area contributed by atoms with Crippen molar-refractivity contribution in [2.75, 3.05) is 18.5 Å². The summed E-state index contributed by atoms with van der Waals surface area (Å²) < 4.78 is 5.56. The van der Waals surface area contributed by atoms with E-state index in [-0.39, 0.29) is 24.5 Å². The Bertz CT molecular complexity index is 1350. The second kappa shape index (κ2) is 12.6. The number of anilines is 1. The molecule has 0 radical (unpaired) electrons. The molecule has 3 aromatic carbocycles. The van der Waals surface area contributed by atoms with Gasteiger partial charge in [0.2, 0.25) is 0 Å². The number of unbranched alkanes of at least 4 members (excludes halogenated alkanes) is 1. The minimum Gasteiger partial charge on any atom is -0.452 e. The SMILES string of the molecule is CCCCNc1ccccc1C(=O)OCC(=O)N1N=C2C(=Cc3ccccc3)CCCC2C1c1ccccc1. The third-order valence-corrected chi connectivity index (χ3v) is 7.36. The van der Waals surface area contributed by atoms with Crippen molar-refractivity contribution in [3.63, 3.8) is 0 Å². The normalized spacial score (nSPS) is 19.4. The Morgan fingerprint density at radius 2 is 1.72 bits per heavy atom. The Hall–Kier alpha value is -4.19. The van der Waals surface area contributed by atoms with E-state index in [2.05, 4.69) is 30.4 Å². The lowest BCUT2D eigenvalue weighted by atomic mass is 9.77. The fraction of sp³-hybridized carbons (Fsp3) is 0.303. The van der Waals surface area contributed by atoms with Crippen LogP contribution in [0.5, 0.6) is 0 Å². The quantitative estimate of drug-likeness (QED) is 0.246. The summed E-state index contributed by atoms with van der Waals surface area (Å²) in [5, 5.41) is 9.75. The van der Waals surface area contributed by atoms with Crippen LogP contribution in [0.15, 0.2) is 95.6 Å². The van der Waals surface area contributed by atoms with Crippen molar-refractivity contribution in [2.45, 2.75) is 45.1 Å². The lowest BCUT2D eigenvalue weighted by molar-refractivity contribution is -0.137. The first kappa shape index (κ1) is 26.4. The Morgan fingerprint density at radius 3 is 2.49 bits per heavy atom. The van der Waals surface area contributed by atoms with E-state index in [1.165, 1.54) is 0 Å². The van der Waals surface area contributed by atoms with Gasteiger partial charge in [0.25, 0.3) is 5.91 Å². The van der Waals surface area contributed by atoms with Gasteiger partial charge in [-0.1, -0.05) is 86.1 Å². The summed E-state index contributed by atoms with van der Waals surface area (Å²) in [6.45, 7) is 2.52. The number of hydrogen-bond donors (Lipinski definition) is 1. The molecule has 1 heterocycles. The molecule has 0 spiro atoms. The Kier molecular flexibility index (Phi) is 8.51. The molecule has 0 saturated heterocycles. The first-order valence-electron chi connectivity index (χ1n) is 13.9. The molecule has 2 unspecified atom stereocenters. The molecule has 1 aliphatic carbocycles. The zero-order chi connectivity index (χ0) is 27.0. The number of para-hydroxylation sites is 1. The average Bonchev–Trinajstić information content (AvgIpc) is 3.38. The van der Waals surface area contributed by atoms with Gasteiger partial charge in [-0.2, -0.15) is 5.10 Å². The highest BCUT2D eigenvalue weighted by atomic mass is 16.5. The van der Waals surface area contributed by atoms with Crippen LogP contribution in [-0.4, -0.2) is 35.7 Å². The maximum Gasteiger partial charge on any atom is 0.340 e. The van der Waals surface area contributed by atoms with Crippen LogP contribution >= 0.6 is 0 Å². The van der Waals surface area contributed by atoms with Crippen molar-refractivity contribution in [3.05, 3.63) is 107 Å². The number of hydrazone groups is 1. The van der Waals surface area contributed by atoms with Crippen molar-refractivity contribution in [2.24, 2.45) is 11.0 Å². The number of allylic oxidation sites excluding steroid dienone is 1. The number of rotatable bonds is 9. The first-order chi connectivity index (χ1) is 19.2. The van der Waals surface area contributed by atoms with Crippen LogP contribution in [0.25, 0.3) is 6.08 Å². The predicted octanol–water partition coefficient (Wildman–Crippen LogP) is 6.88. The maximum atomic E-state index is 13.6. The monoisotopic (exact) mass is 521 g/mol. The number of ether oxygens (including phenoxy) is 1. The van der Waals surface area contributed by atoms with Crippen LogP contribution < -0.4 is 5.32 Å². The molecule has 1 fully saturated rings. The zero-order valence-corrected chi connectivity index (χ0v) is 22.4. The van der Waals surface area contributed by atoms with Gasteiger partial charge in [0.15, 0.2) is 6.61 Å². The van der Waals surface area contributed by atoms with Gasteiger partial charge in [0, 0.05) is 18.2 Å². The van der Waals surface area contributed by atoms with Gasteiger partial charge >= 0.3 is 5.97 Å². The van der Waals surface area contributed by atoms with Gasteiger partial charge in [0.1, 0.15) is 0 Å². The second-order valence-electron chi connectivity index (χ2n) is 10.1. The predicted molar refractivity (Wildman–Crippen MR) is 155 cm³/mol. The third kappa shape index (κ3) is 6.11. The van der Waals surface area contributed by atoms with Gasteiger partial charge in [-0.25, -0.2) is 9.80 Å². The number of fused-ring (bicyclic) bond motifs is 1. The number of amides is 1. The number of carbonyl (C=O) groups excluding carboxylic acids is 2. The summed E-state index contributed by atoms with van der Waals surface area (Å²) in [5.74, 6) is -0.748. The molecule has 1 N–H and O–H groups in total. The minimum atomic E-state index is -0.520. The van der Waals surface area contributed by atoms with Gasteiger partial charge in [0.05, 0.1) is 17.3 Å². The molecule has 1 aliphatic heterocycles. The van der Waals surface area contributed by atoms with E-state index in [1.54, 1.807) is 17.1 Å². The Labute approximate surface area is 230 Å². The summed E-state index contributed by atoms with van der Waals surface area (Å²) >= 11 is 0. The highest BCUT2D eigenvalue weighted by Crippen LogP contribution is 2.44. The smallest absolute Gasteiger partial charge is 0.340 e. The van der Waals surface area contributed by atoms with Gasteiger partial charge in [-0.05, 0) is 60.6 Å². The van der Waals surface area contributed by atoms with E-state index in [0.717, 1.165) is 61.1 Å². The average molecular weight is 522 g/mol. The second-order valence-corrected chi connectivity index (χ2v) is 10.1. The summed E-state index contributed by atoms with van der Waals surface area (Å²) in [4.78, 5) is 26.6. The molecule has 1 amide bonds. The molecular formula is C33H35N3O3. The van der Waals surface area contributed by atoms with E-state index < -0.39 is 5.97 Å². The highest BCUT2D eigenvalue weighted by molar-refractivity contribution is 6.08. The van der Waals surface area contributed by atoms with Gasteiger partial charge in [-0.3, -0.25) is 4.79 Å². The molecule has 0 aromatic heterocycles. The molecule has 200 valence electrons. The molecule has 1 saturated carbocycles. The summed E-state index contributed by atoms with van der Waals surface area (Å²) in [6, 6.07) is 27.3. The number of nitrogens with zero attached hydrogens (tertiary/aromatic N) is 2. The molecule has 6 heteroatoms. The fourth-order valence-corrected chi connectivity index (χ4v) is 5.43. The van der Waals surface area contributed by atoms with Crippen molar-refractivity contribution in [1.29, 1.82) is 0 Å². The third-order valence-electron chi connectivity index (χ3n) is 7.36. The zero-order valence-electron chi connectivity index (χ0n) is 22.4. The van der Waals surface area contributed by atoms with E-state index in [1.807, 2.05) is 60.7 Å². The van der Waals surface area contributed by atoms with Gasteiger partial charge < -0.3 is 10.1 Å². The topological polar surface area (TPSA) is 71.0 Å². The molecule has 39 heavy (non-hydrogen) atoms. The van der Waals surface area contributed by atoms with Crippen molar-refractivity contribution in [1.82, 2.24) is 5.01 Å². The standard InChI is InChI=1S/C33H35N3O3/c1-2-3-21-34-29-20-11-10-18-27(29)33(38)39-23-30(37)36-32(25-15-8-5-9-16-25)28-19-12-17-26(31(28)35-36)22-24-13-6-4-7-14-24/h4-11,13-16,18,20,22,28,32,34H,2-3,12,17,19,21,23H2,1H3. The molecule has 3 aromatic rings. The number of hydrogen-bond acceptors (Lipinski definition) is 5. The van der Waals surface area contributed by atoms with E-state index in [9.17, 15) is 9.59 Å². The van der Waals surface area contributed by atoms with Crippen molar-refractivity contribution < 1.29 is 14.3 Å². The van der Waals surface area contributed by atoms with Crippen molar-refractivity contribution >= 4 is 29.4 Å². The molecule has 6 nitrogen and oxygen atoms in total. The van der Waals surface area contributed by atoms with Gasteiger partial charge in [-0.15, -0.1) is 0 Å². The molecule has 2 aliphatic rings. The first-order valence-corrected chi connectivity index (χ1v) is 13.9. The summed E-state index contributed by atoms with van der Waals surface area (Å²) in [6.07, 6.45) is 7.14. The molecule has 2 atom stereocenters. The minimum absolute atomic E-state index is 0.0965.